The van der Waals surface area contributed by atoms with Crippen LogP contribution in [0.4, 0.5) is 0 Å². The van der Waals surface area contributed by atoms with Gasteiger partial charge < -0.3 is 15.0 Å². The third-order valence-electron chi connectivity index (χ3n) is 3.82. The first-order valence-corrected chi connectivity index (χ1v) is 8.11. The molecule has 1 amide bonds. The summed E-state index contributed by atoms with van der Waals surface area (Å²) < 4.78 is 5.73. The molecule has 0 saturated carbocycles. The second kappa shape index (κ2) is 6.06. The van der Waals surface area contributed by atoms with E-state index in [1.807, 2.05) is 11.4 Å². The number of aromatic amines is 1. The molecule has 0 radical (unpaired) electrons. The maximum atomic E-state index is 12.3. The lowest BCUT2D eigenvalue weighted by atomic mass is 10.1. The number of thiophene rings is 1. The maximum Gasteiger partial charge on any atom is 0.261 e. The maximum absolute atomic E-state index is 12.3. The molecule has 22 heavy (non-hydrogen) atoms. The van der Waals surface area contributed by atoms with Gasteiger partial charge in [-0.1, -0.05) is 0 Å². The van der Waals surface area contributed by atoms with Crippen molar-refractivity contribution in [1.82, 2.24) is 10.3 Å². The molecule has 2 N–H and O–H groups in total. The Morgan fingerprint density at radius 3 is 3.09 bits per heavy atom. The van der Waals surface area contributed by atoms with E-state index in [2.05, 4.69) is 10.3 Å². The Bertz CT molecular complexity index is 763. The molecule has 2 aromatic heterocycles. The number of fused-ring (bicyclic) bond motifs is 1. The van der Waals surface area contributed by atoms with Crippen LogP contribution in [0.5, 0.6) is 0 Å². The molecular weight excluding hydrogens is 300 g/mol. The summed E-state index contributed by atoms with van der Waals surface area (Å²) in [4.78, 5) is 28.2. The molecule has 1 aliphatic heterocycles. The molecule has 2 aromatic rings. The van der Waals surface area contributed by atoms with Crippen molar-refractivity contribution in [2.45, 2.75) is 26.4 Å². The van der Waals surface area contributed by atoms with Crippen molar-refractivity contribution < 1.29 is 9.53 Å². The molecule has 5 nitrogen and oxygen atoms in total. The number of carbonyl (C=O) groups excluding carboxylic acids is 1. The van der Waals surface area contributed by atoms with Gasteiger partial charge in [0, 0.05) is 23.5 Å². The number of nitrogens with one attached hydrogen (secondary N) is 2. The Kier molecular flexibility index (Phi) is 4.13. The Hall–Kier alpha value is -1.92. The van der Waals surface area contributed by atoms with Crippen LogP contribution >= 0.6 is 11.3 Å². The van der Waals surface area contributed by atoms with E-state index in [1.165, 1.54) is 4.88 Å². The van der Waals surface area contributed by atoms with E-state index in [-0.39, 0.29) is 23.1 Å². The molecule has 0 aliphatic carbocycles. The highest BCUT2D eigenvalue weighted by Gasteiger charge is 2.23. The Labute approximate surface area is 132 Å². The van der Waals surface area contributed by atoms with E-state index in [4.69, 9.17) is 4.74 Å². The van der Waals surface area contributed by atoms with Crippen LogP contribution in [0.25, 0.3) is 0 Å². The Morgan fingerprint density at radius 1 is 1.50 bits per heavy atom. The Morgan fingerprint density at radius 2 is 2.32 bits per heavy atom. The first-order chi connectivity index (χ1) is 10.6. The minimum absolute atomic E-state index is 0.135. The molecule has 3 heterocycles. The van der Waals surface area contributed by atoms with Crippen molar-refractivity contribution in [1.29, 1.82) is 0 Å². The van der Waals surface area contributed by atoms with Gasteiger partial charge in [0.25, 0.3) is 11.5 Å². The lowest BCUT2D eigenvalue weighted by molar-refractivity contribution is 0.0423. The molecule has 0 saturated heterocycles. The van der Waals surface area contributed by atoms with E-state index in [0.29, 0.717) is 18.7 Å². The highest BCUT2D eigenvalue weighted by atomic mass is 32.1. The smallest absolute Gasteiger partial charge is 0.261 e. The van der Waals surface area contributed by atoms with Crippen LogP contribution in [0.1, 0.15) is 38.2 Å². The summed E-state index contributed by atoms with van der Waals surface area (Å²) in [6.07, 6.45) is 0.789. The fourth-order valence-corrected chi connectivity index (χ4v) is 3.72. The van der Waals surface area contributed by atoms with E-state index in [0.717, 1.165) is 17.7 Å². The van der Waals surface area contributed by atoms with Gasteiger partial charge in [0.15, 0.2) is 0 Å². The van der Waals surface area contributed by atoms with Gasteiger partial charge in [-0.2, -0.15) is 0 Å². The summed E-state index contributed by atoms with van der Waals surface area (Å²) in [6, 6.07) is 3.84. The Balaban J connectivity index is 1.73. The van der Waals surface area contributed by atoms with E-state index in [1.54, 1.807) is 31.3 Å². The van der Waals surface area contributed by atoms with Gasteiger partial charge in [0.05, 0.1) is 6.61 Å². The van der Waals surface area contributed by atoms with E-state index < -0.39 is 0 Å². The summed E-state index contributed by atoms with van der Waals surface area (Å²) in [5, 5.41) is 4.87. The van der Waals surface area contributed by atoms with Gasteiger partial charge in [-0.3, -0.25) is 9.59 Å². The zero-order chi connectivity index (χ0) is 15.7. The molecule has 0 bridgehead atoms. The number of aromatic nitrogens is 1. The molecular formula is C16H18N2O3S. The zero-order valence-corrected chi connectivity index (χ0v) is 13.4. The summed E-state index contributed by atoms with van der Waals surface area (Å²) in [6.45, 7) is 4.60. The number of rotatable bonds is 3. The molecule has 6 heteroatoms. The first-order valence-electron chi connectivity index (χ1n) is 7.23. The topological polar surface area (TPSA) is 71.2 Å². The number of aryl methyl sites for hydroxylation is 2. The van der Waals surface area contributed by atoms with Crippen molar-refractivity contribution in [2.75, 3.05) is 13.2 Å². The number of hydrogen-bond donors (Lipinski definition) is 2. The zero-order valence-electron chi connectivity index (χ0n) is 12.6. The van der Waals surface area contributed by atoms with Gasteiger partial charge >= 0.3 is 0 Å². The van der Waals surface area contributed by atoms with Crippen LogP contribution in [0.3, 0.4) is 0 Å². The standard InChI is InChI=1S/C16H18N2O3S/c1-9-7-10(2)18-16(20)14(9)15(19)17-8-12-11-4-6-22-13(11)3-5-21-12/h4,6-7,12H,3,5,8H2,1-2H3,(H,17,19)(H,18,20). The largest absolute Gasteiger partial charge is 0.371 e. The molecule has 3 rings (SSSR count). The third-order valence-corrected chi connectivity index (χ3v) is 4.81. The summed E-state index contributed by atoms with van der Waals surface area (Å²) in [5.74, 6) is -0.357. The number of amides is 1. The first kappa shape index (κ1) is 15.0. The van der Waals surface area contributed by atoms with Gasteiger partial charge in [-0.15, -0.1) is 11.3 Å². The molecule has 1 atom stereocenters. The van der Waals surface area contributed by atoms with Gasteiger partial charge in [0.2, 0.25) is 0 Å². The fourth-order valence-electron chi connectivity index (χ4n) is 2.80. The second-order valence-electron chi connectivity index (χ2n) is 5.46. The summed E-state index contributed by atoms with van der Waals surface area (Å²) in [5.41, 5.74) is 2.39. The number of hydrogen-bond acceptors (Lipinski definition) is 4. The molecule has 0 fully saturated rings. The van der Waals surface area contributed by atoms with Crippen molar-refractivity contribution in [3.63, 3.8) is 0 Å². The van der Waals surface area contributed by atoms with Gasteiger partial charge in [0.1, 0.15) is 11.7 Å². The number of carbonyl (C=O) groups is 1. The van der Waals surface area contributed by atoms with Crippen LogP contribution in [-0.4, -0.2) is 24.0 Å². The molecule has 116 valence electrons. The van der Waals surface area contributed by atoms with E-state index >= 15 is 0 Å². The minimum atomic E-state index is -0.357. The van der Waals surface area contributed by atoms with Crippen LogP contribution in [-0.2, 0) is 11.2 Å². The van der Waals surface area contributed by atoms with Crippen LogP contribution in [0, 0.1) is 13.8 Å². The normalized spacial score (nSPS) is 17.1. The van der Waals surface area contributed by atoms with Crippen LogP contribution in [0.15, 0.2) is 22.3 Å². The predicted octanol–water partition coefficient (Wildman–Crippen LogP) is 2.10. The van der Waals surface area contributed by atoms with Crippen molar-refractivity contribution >= 4 is 17.2 Å². The summed E-state index contributed by atoms with van der Waals surface area (Å²) >= 11 is 1.72. The molecule has 1 unspecified atom stereocenters. The van der Waals surface area contributed by atoms with Crippen LogP contribution in [0.2, 0.25) is 0 Å². The van der Waals surface area contributed by atoms with Crippen molar-refractivity contribution in [2.24, 2.45) is 0 Å². The second-order valence-corrected chi connectivity index (χ2v) is 6.46. The average molecular weight is 318 g/mol. The predicted molar refractivity (Wildman–Crippen MR) is 85.6 cm³/mol. The highest BCUT2D eigenvalue weighted by molar-refractivity contribution is 7.10. The number of ether oxygens (including phenoxy) is 1. The average Bonchev–Trinajstić information content (AvgIpc) is 2.92. The SMILES string of the molecule is Cc1cc(C)c(C(=O)NCC2OCCc3sccc32)c(=O)[nH]1. The third kappa shape index (κ3) is 2.84. The molecule has 0 aromatic carbocycles. The van der Waals surface area contributed by atoms with Crippen molar-refractivity contribution in [3.8, 4) is 0 Å². The monoisotopic (exact) mass is 318 g/mol. The van der Waals surface area contributed by atoms with E-state index in [9.17, 15) is 9.59 Å². The van der Waals surface area contributed by atoms with Crippen molar-refractivity contribution in [3.05, 3.63) is 55.1 Å². The number of pyridine rings is 1. The highest BCUT2D eigenvalue weighted by Crippen LogP contribution is 2.30. The summed E-state index contributed by atoms with van der Waals surface area (Å²) in [7, 11) is 0. The van der Waals surface area contributed by atoms with Crippen LogP contribution < -0.4 is 10.9 Å². The fraction of sp³-hybridized carbons (Fsp3) is 0.375. The quantitative estimate of drug-likeness (QED) is 0.910. The number of H-pyrrole nitrogens is 1. The lowest BCUT2D eigenvalue weighted by Gasteiger charge is -2.23. The lowest BCUT2D eigenvalue weighted by Crippen LogP contribution is -2.35. The molecule has 1 aliphatic rings. The van der Waals surface area contributed by atoms with Gasteiger partial charge in [-0.25, -0.2) is 0 Å². The van der Waals surface area contributed by atoms with Gasteiger partial charge in [-0.05, 0) is 42.5 Å². The minimum Gasteiger partial charge on any atom is -0.371 e. The molecule has 0 spiro atoms.